The first-order valence-electron chi connectivity index (χ1n) is 8.29. The number of hydrogen-bond donors (Lipinski definition) is 1. The molecule has 3 heteroatoms. The van der Waals surface area contributed by atoms with Crippen LogP contribution < -0.4 is 5.32 Å². The van der Waals surface area contributed by atoms with Crippen LogP contribution in [0.15, 0.2) is 0 Å². The molecule has 0 saturated carbocycles. The first-order valence-corrected chi connectivity index (χ1v) is 9.45. The molecule has 2 saturated heterocycles. The molecular formula is C16H32N2S. The molecular weight excluding hydrogens is 252 g/mol. The van der Waals surface area contributed by atoms with E-state index in [2.05, 4.69) is 42.7 Å². The van der Waals surface area contributed by atoms with E-state index in [4.69, 9.17) is 0 Å². The van der Waals surface area contributed by atoms with Crippen molar-refractivity contribution in [3.05, 3.63) is 0 Å². The van der Waals surface area contributed by atoms with E-state index < -0.39 is 0 Å². The molecule has 0 aromatic carbocycles. The van der Waals surface area contributed by atoms with E-state index in [1.54, 1.807) is 0 Å². The summed E-state index contributed by atoms with van der Waals surface area (Å²) in [5, 5.41) is 3.85. The monoisotopic (exact) mass is 284 g/mol. The Kier molecular flexibility index (Phi) is 6.04. The first-order chi connectivity index (χ1) is 9.23. The van der Waals surface area contributed by atoms with E-state index in [9.17, 15) is 0 Å². The lowest BCUT2D eigenvalue weighted by Crippen LogP contribution is -2.64. The fourth-order valence-corrected chi connectivity index (χ4v) is 4.84. The maximum Gasteiger partial charge on any atom is 0.0304 e. The Morgan fingerprint density at radius 1 is 1.16 bits per heavy atom. The minimum absolute atomic E-state index is 0.384. The molecule has 2 nitrogen and oxygen atoms in total. The van der Waals surface area contributed by atoms with Crippen LogP contribution in [0.1, 0.15) is 52.9 Å². The second-order valence-electron chi connectivity index (χ2n) is 6.42. The SMILES string of the molecule is CCC1CNC(CC)(CC)CN1CC1CCSCC1. The molecule has 1 N–H and O–H groups in total. The molecule has 1 unspecified atom stereocenters. The summed E-state index contributed by atoms with van der Waals surface area (Å²) in [6, 6.07) is 0.765. The highest BCUT2D eigenvalue weighted by Crippen LogP contribution is 2.28. The van der Waals surface area contributed by atoms with Gasteiger partial charge in [-0.2, -0.15) is 11.8 Å². The fourth-order valence-electron chi connectivity index (χ4n) is 3.64. The van der Waals surface area contributed by atoms with E-state index in [-0.39, 0.29) is 0 Å². The molecule has 0 aromatic rings. The van der Waals surface area contributed by atoms with Crippen molar-refractivity contribution < 1.29 is 0 Å². The smallest absolute Gasteiger partial charge is 0.0304 e. The summed E-state index contributed by atoms with van der Waals surface area (Å²) >= 11 is 2.15. The number of hydrogen-bond acceptors (Lipinski definition) is 3. The van der Waals surface area contributed by atoms with Gasteiger partial charge in [-0.3, -0.25) is 4.90 Å². The molecule has 0 aliphatic carbocycles. The number of thioether (sulfide) groups is 1. The molecule has 2 heterocycles. The van der Waals surface area contributed by atoms with Crippen molar-refractivity contribution in [3.63, 3.8) is 0 Å². The Labute approximate surface area is 124 Å². The van der Waals surface area contributed by atoms with Crippen molar-refractivity contribution in [3.8, 4) is 0 Å². The standard InChI is InChI=1S/C16H32N2S/c1-4-15-11-17-16(5-2,6-3)13-18(15)12-14-7-9-19-10-8-14/h14-15,17H,4-13H2,1-3H3. The third kappa shape index (κ3) is 3.89. The highest BCUT2D eigenvalue weighted by atomic mass is 32.2. The number of nitrogens with zero attached hydrogens (tertiary/aromatic N) is 1. The predicted octanol–water partition coefficient (Wildman–Crippen LogP) is 3.37. The normalized spacial score (nSPS) is 29.5. The van der Waals surface area contributed by atoms with Gasteiger partial charge in [-0.25, -0.2) is 0 Å². The Bertz CT molecular complexity index is 259. The average molecular weight is 285 g/mol. The lowest BCUT2D eigenvalue weighted by atomic mass is 9.87. The Hall–Kier alpha value is 0.270. The minimum atomic E-state index is 0.384. The second kappa shape index (κ2) is 7.33. The topological polar surface area (TPSA) is 15.3 Å². The molecule has 19 heavy (non-hydrogen) atoms. The molecule has 0 radical (unpaired) electrons. The third-order valence-corrected chi connectivity index (χ3v) is 6.44. The Balaban J connectivity index is 1.96. The molecule has 1 atom stereocenters. The van der Waals surface area contributed by atoms with Crippen LogP contribution in [0.4, 0.5) is 0 Å². The van der Waals surface area contributed by atoms with Crippen LogP contribution in [-0.4, -0.2) is 47.6 Å². The molecule has 112 valence electrons. The zero-order valence-corrected chi connectivity index (χ0v) is 13.9. The maximum atomic E-state index is 3.85. The summed E-state index contributed by atoms with van der Waals surface area (Å²) in [5.41, 5.74) is 0.384. The zero-order valence-electron chi connectivity index (χ0n) is 13.1. The van der Waals surface area contributed by atoms with E-state index in [0.717, 1.165) is 12.0 Å². The van der Waals surface area contributed by atoms with Gasteiger partial charge in [0.2, 0.25) is 0 Å². The average Bonchev–Trinajstić information content (AvgIpc) is 2.48. The third-order valence-electron chi connectivity index (χ3n) is 5.39. The zero-order chi connectivity index (χ0) is 13.7. The number of piperazine rings is 1. The van der Waals surface area contributed by atoms with Crippen LogP contribution >= 0.6 is 11.8 Å². The Morgan fingerprint density at radius 3 is 2.42 bits per heavy atom. The first kappa shape index (κ1) is 15.7. The summed E-state index contributed by atoms with van der Waals surface area (Å²) in [5.74, 6) is 3.74. The van der Waals surface area contributed by atoms with E-state index in [1.165, 1.54) is 63.2 Å². The molecule has 0 amide bonds. The van der Waals surface area contributed by atoms with Crippen LogP contribution in [0.25, 0.3) is 0 Å². The Morgan fingerprint density at radius 2 is 1.84 bits per heavy atom. The van der Waals surface area contributed by atoms with Gasteiger partial charge in [0.1, 0.15) is 0 Å². The van der Waals surface area contributed by atoms with E-state index in [0.29, 0.717) is 5.54 Å². The quantitative estimate of drug-likeness (QED) is 0.833. The largest absolute Gasteiger partial charge is 0.308 e. The van der Waals surface area contributed by atoms with Crippen LogP contribution in [0, 0.1) is 5.92 Å². The highest BCUT2D eigenvalue weighted by molar-refractivity contribution is 7.99. The van der Waals surface area contributed by atoms with Crippen LogP contribution in [0.2, 0.25) is 0 Å². The summed E-state index contributed by atoms with van der Waals surface area (Å²) in [6.07, 6.45) is 6.69. The van der Waals surface area contributed by atoms with Crippen molar-refractivity contribution in [2.24, 2.45) is 5.92 Å². The predicted molar refractivity (Wildman–Crippen MR) is 87.0 cm³/mol. The van der Waals surface area contributed by atoms with Crippen LogP contribution in [0.3, 0.4) is 0 Å². The lowest BCUT2D eigenvalue weighted by Gasteiger charge is -2.48. The van der Waals surface area contributed by atoms with Gasteiger partial charge in [0, 0.05) is 31.2 Å². The van der Waals surface area contributed by atoms with Crippen LogP contribution in [-0.2, 0) is 0 Å². The maximum absolute atomic E-state index is 3.85. The van der Waals surface area contributed by atoms with E-state index in [1.807, 2.05) is 0 Å². The van der Waals surface area contributed by atoms with Gasteiger partial charge in [0.15, 0.2) is 0 Å². The summed E-state index contributed by atoms with van der Waals surface area (Å²) < 4.78 is 0. The van der Waals surface area contributed by atoms with E-state index >= 15 is 0 Å². The van der Waals surface area contributed by atoms with Gasteiger partial charge in [-0.1, -0.05) is 20.8 Å². The second-order valence-corrected chi connectivity index (χ2v) is 7.64. The molecule has 0 bridgehead atoms. The van der Waals surface area contributed by atoms with Crippen molar-refractivity contribution in [1.29, 1.82) is 0 Å². The van der Waals surface area contributed by atoms with Crippen molar-refractivity contribution in [2.75, 3.05) is 31.1 Å². The van der Waals surface area contributed by atoms with Gasteiger partial charge in [-0.05, 0) is 49.5 Å². The highest BCUT2D eigenvalue weighted by Gasteiger charge is 2.36. The van der Waals surface area contributed by atoms with Gasteiger partial charge in [0.05, 0.1) is 0 Å². The number of nitrogens with one attached hydrogen (secondary N) is 1. The lowest BCUT2D eigenvalue weighted by molar-refractivity contribution is 0.0560. The molecule has 2 aliphatic rings. The van der Waals surface area contributed by atoms with Gasteiger partial charge >= 0.3 is 0 Å². The van der Waals surface area contributed by atoms with Crippen molar-refractivity contribution >= 4 is 11.8 Å². The number of rotatable bonds is 5. The van der Waals surface area contributed by atoms with Crippen LogP contribution in [0.5, 0.6) is 0 Å². The van der Waals surface area contributed by atoms with Crippen molar-refractivity contribution in [1.82, 2.24) is 10.2 Å². The van der Waals surface area contributed by atoms with Gasteiger partial charge in [0.25, 0.3) is 0 Å². The molecule has 0 spiro atoms. The molecule has 2 aliphatic heterocycles. The fraction of sp³-hybridized carbons (Fsp3) is 1.00. The summed E-state index contributed by atoms with van der Waals surface area (Å²) in [7, 11) is 0. The van der Waals surface area contributed by atoms with Crippen molar-refractivity contribution in [2.45, 2.75) is 64.5 Å². The minimum Gasteiger partial charge on any atom is -0.308 e. The molecule has 2 rings (SSSR count). The summed E-state index contributed by atoms with van der Waals surface area (Å²) in [6.45, 7) is 10.8. The van der Waals surface area contributed by atoms with Gasteiger partial charge in [-0.15, -0.1) is 0 Å². The molecule has 2 fully saturated rings. The van der Waals surface area contributed by atoms with Gasteiger partial charge < -0.3 is 5.32 Å². The molecule has 0 aromatic heterocycles. The summed E-state index contributed by atoms with van der Waals surface area (Å²) in [4.78, 5) is 2.82.